The molecule has 5 atom stereocenters. The third kappa shape index (κ3) is 8.03. The lowest BCUT2D eigenvalue weighted by atomic mass is 9.99. The highest BCUT2D eigenvalue weighted by molar-refractivity contribution is 6.77. The van der Waals surface area contributed by atoms with Crippen molar-refractivity contribution in [2.45, 2.75) is 101 Å². The molecule has 0 radical (unpaired) electrons. The summed E-state index contributed by atoms with van der Waals surface area (Å²) >= 11 is 0. The number of aliphatic hydroxyl groups is 4. The van der Waals surface area contributed by atoms with Gasteiger partial charge >= 0.3 is 0 Å². The number of aliphatic hydroxyl groups excluding tert-OH is 4. The number of unbranched alkanes of at least 4 members (excludes halogenated alkanes) is 5. The Morgan fingerprint density at radius 3 is 2.16 bits per heavy atom. The lowest BCUT2D eigenvalue weighted by Crippen LogP contribution is -2.59. The van der Waals surface area contributed by atoms with Crippen molar-refractivity contribution in [2.75, 3.05) is 13.2 Å². The Balaban J connectivity index is 2.27. The van der Waals surface area contributed by atoms with E-state index in [9.17, 15) is 20.4 Å². The van der Waals surface area contributed by atoms with Gasteiger partial charge in [-0.2, -0.15) is 0 Å². The highest BCUT2D eigenvalue weighted by atomic mass is 28.3. The van der Waals surface area contributed by atoms with E-state index in [1.165, 1.54) is 44.6 Å². The summed E-state index contributed by atoms with van der Waals surface area (Å²) in [7, 11) is -1.36. The van der Waals surface area contributed by atoms with Crippen LogP contribution in [0.3, 0.4) is 0 Å². The van der Waals surface area contributed by atoms with Crippen LogP contribution in [0.15, 0.2) is 0 Å². The van der Waals surface area contributed by atoms with Crippen LogP contribution in [0.25, 0.3) is 0 Å². The second kappa shape index (κ2) is 11.6. The fraction of sp³-hybridized carbons (Fsp3) is 1.00. The molecule has 150 valence electrons. The first kappa shape index (κ1) is 23.0. The zero-order valence-electron chi connectivity index (χ0n) is 16.1. The third-order valence-electron chi connectivity index (χ3n) is 5.12. The summed E-state index contributed by atoms with van der Waals surface area (Å²) in [4.78, 5) is 0. The van der Waals surface area contributed by atoms with E-state index in [4.69, 9.17) is 9.47 Å². The van der Waals surface area contributed by atoms with E-state index in [1.807, 2.05) is 0 Å². The maximum Gasteiger partial charge on any atom is 0.186 e. The van der Waals surface area contributed by atoms with Gasteiger partial charge < -0.3 is 29.9 Å². The molecule has 1 heterocycles. The van der Waals surface area contributed by atoms with Crippen LogP contribution in [-0.4, -0.2) is 72.4 Å². The predicted molar refractivity (Wildman–Crippen MR) is 100 cm³/mol. The molecule has 6 nitrogen and oxygen atoms in total. The molecule has 1 fully saturated rings. The van der Waals surface area contributed by atoms with Crippen molar-refractivity contribution in [1.29, 1.82) is 0 Å². The average molecular weight is 379 g/mol. The van der Waals surface area contributed by atoms with Crippen LogP contribution in [0.5, 0.6) is 0 Å². The van der Waals surface area contributed by atoms with E-state index in [2.05, 4.69) is 20.0 Å². The number of rotatable bonds is 12. The molecular weight excluding hydrogens is 340 g/mol. The first-order valence-corrected chi connectivity index (χ1v) is 13.2. The molecule has 7 heteroatoms. The van der Waals surface area contributed by atoms with Crippen molar-refractivity contribution < 1.29 is 29.9 Å². The lowest BCUT2D eigenvalue weighted by Gasteiger charge is -2.39. The minimum Gasteiger partial charge on any atom is -0.394 e. The van der Waals surface area contributed by atoms with Crippen LogP contribution in [0, 0.1) is 0 Å². The number of hydrogen-bond donors (Lipinski definition) is 4. The van der Waals surface area contributed by atoms with E-state index in [1.54, 1.807) is 0 Å². The van der Waals surface area contributed by atoms with Crippen LogP contribution >= 0.6 is 0 Å². The highest BCUT2D eigenvalue weighted by Crippen LogP contribution is 2.24. The van der Waals surface area contributed by atoms with E-state index in [0.29, 0.717) is 6.61 Å². The molecule has 1 aliphatic heterocycles. The van der Waals surface area contributed by atoms with Gasteiger partial charge in [-0.1, -0.05) is 64.6 Å². The SMILES string of the molecule is CCCCCCCC[Si](C)(C)CCO[C@@H]1O[C@H](CO)[C@H](O)[C@H](O)[C@H]1O. The quantitative estimate of drug-likeness (QED) is 0.306. The third-order valence-corrected chi connectivity index (χ3v) is 8.38. The molecule has 1 aliphatic rings. The zero-order valence-corrected chi connectivity index (χ0v) is 17.1. The Kier molecular flexibility index (Phi) is 10.7. The van der Waals surface area contributed by atoms with E-state index in [0.717, 1.165) is 6.04 Å². The van der Waals surface area contributed by atoms with Gasteiger partial charge in [-0.15, -0.1) is 0 Å². The maximum absolute atomic E-state index is 9.96. The van der Waals surface area contributed by atoms with Crippen LogP contribution in [0.1, 0.15) is 45.4 Å². The van der Waals surface area contributed by atoms with E-state index in [-0.39, 0.29) is 0 Å². The second-order valence-electron chi connectivity index (χ2n) is 8.00. The highest BCUT2D eigenvalue weighted by Gasteiger charge is 2.44. The smallest absolute Gasteiger partial charge is 0.186 e. The summed E-state index contributed by atoms with van der Waals surface area (Å²) in [5, 5.41) is 38.7. The summed E-state index contributed by atoms with van der Waals surface area (Å²) in [5.74, 6) is 0. The standard InChI is InChI=1S/C18H38O6Si/c1-4-5-6-7-8-9-11-25(2,3)12-10-23-18-17(22)16(21)15(20)14(13-19)24-18/h14-22H,4-13H2,1-3H3/t14-,15+,16+,17-,18-/m1/s1. The molecule has 0 aromatic rings. The van der Waals surface area contributed by atoms with Crippen molar-refractivity contribution in [2.24, 2.45) is 0 Å². The average Bonchev–Trinajstić information content (AvgIpc) is 2.58. The van der Waals surface area contributed by atoms with Gasteiger partial charge in [0, 0.05) is 14.7 Å². The fourth-order valence-electron chi connectivity index (χ4n) is 3.17. The monoisotopic (exact) mass is 378 g/mol. The second-order valence-corrected chi connectivity index (χ2v) is 13.3. The Hall–Kier alpha value is -0.0231. The van der Waals surface area contributed by atoms with Gasteiger partial charge in [-0.25, -0.2) is 0 Å². The molecule has 0 spiro atoms. The van der Waals surface area contributed by atoms with Gasteiger partial charge in [0.15, 0.2) is 6.29 Å². The number of hydrogen-bond acceptors (Lipinski definition) is 6. The molecule has 0 amide bonds. The van der Waals surface area contributed by atoms with Crippen LogP contribution in [0.4, 0.5) is 0 Å². The summed E-state index contributed by atoms with van der Waals surface area (Å²) in [6.45, 7) is 6.94. The van der Waals surface area contributed by atoms with Gasteiger partial charge in [0.25, 0.3) is 0 Å². The van der Waals surface area contributed by atoms with Crippen molar-refractivity contribution in [3.63, 3.8) is 0 Å². The Labute approximate surface area is 153 Å². The largest absolute Gasteiger partial charge is 0.394 e. The molecule has 0 saturated carbocycles. The minimum absolute atomic E-state index is 0.427. The molecule has 1 saturated heterocycles. The Morgan fingerprint density at radius 1 is 0.880 bits per heavy atom. The van der Waals surface area contributed by atoms with Crippen LogP contribution in [0.2, 0.25) is 25.2 Å². The van der Waals surface area contributed by atoms with Crippen molar-refractivity contribution >= 4 is 8.07 Å². The first-order valence-electron chi connectivity index (χ1n) is 9.74. The normalized spacial score (nSPS) is 30.6. The molecular formula is C18H38O6Si. The Morgan fingerprint density at radius 2 is 1.52 bits per heavy atom. The molecule has 1 rings (SSSR count). The number of ether oxygens (including phenoxy) is 2. The molecule has 0 unspecified atom stereocenters. The molecule has 25 heavy (non-hydrogen) atoms. The zero-order chi connectivity index (χ0) is 18.9. The van der Waals surface area contributed by atoms with Crippen molar-refractivity contribution in [3.05, 3.63) is 0 Å². The first-order chi connectivity index (χ1) is 11.8. The van der Waals surface area contributed by atoms with Gasteiger partial charge in [-0.05, 0) is 6.04 Å². The van der Waals surface area contributed by atoms with E-state index >= 15 is 0 Å². The molecule has 0 bridgehead atoms. The van der Waals surface area contributed by atoms with Crippen LogP contribution < -0.4 is 0 Å². The van der Waals surface area contributed by atoms with Crippen LogP contribution in [-0.2, 0) is 9.47 Å². The molecule has 4 N–H and O–H groups in total. The van der Waals surface area contributed by atoms with Crippen molar-refractivity contribution in [3.8, 4) is 0 Å². The molecule has 0 aliphatic carbocycles. The summed E-state index contributed by atoms with van der Waals surface area (Å²) in [5.41, 5.74) is 0. The fourth-order valence-corrected chi connectivity index (χ4v) is 5.29. The van der Waals surface area contributed by atoms with Gasteiger partial charge in [0.2, 0.25) is 0 Å². The summed E-state index contributed by atoms with van der Waals surface area (Å²) in [6.07, 6.45) is 1.89. The van der Waals surface area contributed by atoms with Crippen molar-refractivity contribution in [1.82, 2.24) is 0 Å². The maximum atomic E-state index is 9.96. The van der Waals surface area contributed by atoms with Gasteiger partial charge in [-0.3, -0.25) is 0 Å². The van der Waals surface area contributed by atoms with Gasteiger partial charge in [0.1, 0.15) is 24.4 Å². The minimum atomic E-state index is -1.37. The summed E-state index contributed by atoms with van der Waals surface area (Å²) in [6, 6.07) is 2.22. The van der Waals surface area contributed by atoms with Gasteiger partial charge in [0.05, 0.1) is 6.61 Å². The predicted octanol–water partition coefficient (Wildman–Crippen LogP) is 1.87. The topological polar surface area (TPSA) is 99.4 Å². The molecule has 0 aromatic carbocycles. The Bertz CT molecular complexity index is 352. The summed E-state index contributed by atoms with van der Waals surface area (Å²) < 4.78 is 11.0. The molecule has 0 aromatic heterocycles. The van der Waals surface area contributed by atoms with E-state index < -0.39 is 45.4 Å². The lowest BCUT2D eigenvalue weighted by molar-refractivity contribution is -0.300.